The van der Waals surface area contributed by atoms with Gasteiger partial charge in [0.15, 0.2) is 0 Å². The second-order valence-corrected chi connectivity index (χ2v) is 6.24. The van der Waals surface area contributed by atoms with Crippen LogP contribution in [0.5, 0.6) is 11.6 Å². The zero-order valence-electron chi connectivity index (χ0n) is 15.6. The lowest BCUT2D eigenvalue weighted by atomic mass is 10.2. The number of anilines is 1. The molecule has 29 heavy (non-hydrogen) atoms. The molecule has 1 aromatic carbocycles. The van der Waals surface area contributed by atoms with Gasteiger partial charge in [0.1, 0.15) is 17.3 Å². The number of halogens is 1. The molecule has 2 rings (SSSR count). The van der Waals surface area contributed by atoms with Crippen LogP contribution in [-0.2, 0) is 4.79 Å². The number of pyridine rings is 1. The lowest BCUT2D eigenvalue weighted by Gasteiger charge is -2.09. The Hall–Kier alpha value is -3.33. The van der Waals surface area contributed by atoms with Crippen molar-refractivity contribution in [2.24, 2.45) is 0 Å². The topological polar surface area (TPSA) is 127 Å². The molecular weight excluding hydrogens is 402 g/mol. The summed E-state index contributed by atoms with van der Waals surface area (Å²) in [7, 11) is 0. The molecule has 0 aliphatic carbocycles. The number of unbranched alkanes of at least 4 members (excludes halogenated alkanes) is 1. The van der Waals surface area contributed by atoms with Crippen molar-refractivity contribution in [3.8, 4) is 11.6 Å². The Bertz CT molecular complexity index is 873. The highest BCUT2D eigenvalue weighted by Crippen LogP contribution is 2.23. The minimum Gasteiger partial charge on any atom is -0.494 e. The van der Waals surface area contributed by atoms with Gasteiger partial charge in [-0.05, 0) is 36.8 Å². The van der Waals surface area contributed by atoms with Crippen molar-refractivity contribution in [2.75, 3.05) is 18.5 Å². The number of hydrogen-bond acceptors (Lipinski definition) is 6. The molecule has 0 spiro atoms. The first-order valence-corrected chi connectivity index (χ1v) is 9.14. The molecule has 0 fully saturated rings. The average Bonchev–Trinajstić information content (AvgIpc) is 2.69. The molecule has 0 aliphatic rings. The fourth-order valence-electron chi connectivity index (χ4n) is 2.07. The van der Waals surface area contributed by atoms with Crippen LogP contribution >= 0.6 is 11.6 Å². The molecule has 2 aromatic rings. The third kappa shape index (κ3) is 7.30. The van der Waals surface area contributed by atoms with Crippen LogP contribution in [-0.4, -0.2) is 41.2 Å². The Labute approximate surface area is 172 Å². The molecule has 0 saturated heterocycles. The van der Waals surface area contributed by atoms with E-state index in [1.54, 1.807) is 24.3 Å². The molecule has 2 amide bonds. The van der Waals surface area contributed by atoms with E-state index in [9.17, 15) is 14.4 Å². The van der Waals surface area contributed by atoms with E-state index in [0.717, 1.165) is 12.8 Å². The average molecular weight is 422 g/mol. The lowest BCUT2D eigenvalue weighted by molar-refractivity contribution is -0.135. The number of carbonyl (C=O) groups is 3. The Balaban J connectivity index is 1.94. The number of rotatable bonds is 9. The number of hydrogen-bond donors (Lipinski definition) is 3. The summed E-state index contributed by atoms with van der Waals surface area (Å²) in [6, 6.07) is 8.20. The standard InChI is InChI=1S/C19H20ClN3O6/c1-2-3-8-28-14-6-4-13(5-7-14)23-17(26)12-9-15(20)18(21-10-12)29-19(27)22-11-16(24)25/h4-7,9-10H,2-3,8,11H2,1H3,(H,22,27)(H,23,26)(H,24,25). The quantitative estimate of drug-likeness (QED) is 0.530. The van der Waals surface area contributed by atoms with Crippen LogP contribution < -0.4 is 20.1 Å². The highest BCUT2D eigenvalue weighted by atomic mass is 35.5. The van der Waals surface area contributed by atoms with E-state index in [1.165, 1.54) is 12.3 Å². The number of amides is 2. The largest absolute Gasteiger partial charge is 0.494 e. The molecule has 1 aromatic heterocycles. The fraction of sp³-hybridized carbons (Fsp3) is 0.263. The second-order valence-electron chi connectivity index (χ2n) is 5.83. The van der Waals surface area contributed by atoms with E-state index < -0.39 is 24.5 Å². The highest BCUT2D eigenvalue weighted by molar-refractivity contribution is 6.32. The van der Waals surface area contributed by atoms with Gasteiger partial charge in [0, 0.05) is 11.9 Å². The first-order chi connectivity index (χ1) is 13.9. The van der Waals surface area contributed by atoms with Crippen LogP contribution in [0.1, 0.15) is 30.1 Å². The number of aromatic nitrogens is 1. The first-order valence-electron chi connectivity index (χ1n) is 8.76. The number of carboxylic acid groups (broad SMARTS) is 1. The maximum Gasteiger partial charge on any atom is 0.414 e. The van der Waals surface area contributed by atoms with Crippen molar-refractivity contribution in [3.05, 3.63) is 47.1 Å². The summed E-state index contributed by atoms with van der Waals surface area (Å²) in [6.45, 7) is 2.10. The van der Waals surface area contributed by atoms with Gasteiger partial charge in [-0.1, -0.05) is 24.9 Å². The smallest absolute Gasteiger partial charge is 0.414 e. The van der Waals surface area contributed by atoms with E-state index in [4.69, 9.17) is 26.2 Å². The molecule has 1 heterocycles. The zero-order chi connectivity index (χ0) is 21.2. The summed E-state index contributed by atoms with van der Waals surface area (Å²) in [5.74, 6) is -1.22. The number of nitrogens with zero attached hydrogens (tertiary/aromatic N) is 1. The van der Waals surface area contributed by atoms with Crippen LogP contribution in [0.25, 0.3) is 0 Å². The van der Waals surface area contributed by atoms with Crippen LogP contribution in [0, 0.1) is 0 Å². The van der Waals surface area contributed by atoms with Crippen LogP contribution in [0.15, 0.2) is 36.5 Å². The highest BCUT2D eigenvalue weighted by Gasteiger charge is 2.14. The monoisotopic (exact) mass is 421 g/mol. The first kappa shape index (κ1) is 22.0. The minimum atomic E-state index is -1.23. The molecule has 0 saturated carbocycles. The lowest BCUT2D eigenvalue weighted by Crippen LogP contribution is -2.32. The molecule has 0 atom stereocenters. The predicted octanol–water partition coefficient (Wildman–Crippen LogP) is 3.34. The van der Waals surface area contributed by atoms with E-state index in [-0.39, 0.29) is 16.5 Å². The number of aliphatic carboxylic acids is 1. The van der Waals surface area contributed by atoms with Crippen molar-refractivity contribution >= 4 is 35.3 Å². The van der Waals surface area contributed by atoms with Gasteiger partial charge in [0.2, 0.25) is 5.88 Å². The summed E-state index contributed by atoms with van der Waals surface area (Å²) < 4.78 is 10.4. The Morgan fingerprint density at radius 2 is 1.93 bits per heavy atom. The van der Waals surface area contributed by atoms with Crippen molar-refractivity contribution in [2.45, 2.75) is 19.8 Å². The van der Waals surface area contributed by atoms with Crippen LogP contribution in [0.3, 0.4) is 0 Å². The van der Waals surface area contributed by atoms with Gasteiger partial charge < -0.3 is 25.2 Å². The maximum absolute atomic E-state index is 12.3. The molecule has 0 bridgehead atoms. The van der Waals surface area contributed by atoms with Gasteiger partial charge in [-0.25, -0.2) is 9.78 Å². The Kier molecular flexibility index (Phi) is 8.23. The van der Waals surface area contributed by atoms with Crippen molar-refractivity contribution in [1.29, 1.82) is 0 Å². The van der Waals surface area contributed by atoms with Gasteiger partial charge in [0.25, 0.3) is 5.91 Å². The van der Waals surface area contributed by atoms with Gasteiger partial charge in [0.05, 0.1) is 12.2 Å². The van der Waals surface area contributed by atoms with Gasteiger partial charge in [-0.2, -0.15) is 0 Å². The van der Waals surface area contributed by atoms with Crippen molar-refractivity contribution in [3.63, 3.8) is 0 Å². The van der Waals surface area contributed by atoms with E-state index in [2.05, 4.69) is 17.2 Å². The Morgan fingerprint density at radius 1 is 1.21 bits per heavy atom. The summed E-state index contributed by atoms with van der Waals surface area (Å²) in [6.07, 6.45) is 2.16. The van der Waals surface area contributed by atoms with Crippen molar-refractivity contribution < 1.29 is 29.0 Å². The van der Waals surface area contributed by atoms with E-state index >= 15 is 0 Å². The Morgan fingerprint density at radius 3 is 2.55 bits per heavy atom. The summed E-state index contributed by atoms with van der Waals surface area (Å²) >= 11 is 5.98. The summed E-state index contributed by atoms with van der Waals surface area (Å²) in [4.78, 5) is 38.0. The van der Waals surface area contributed by atoms with Crippen LogP contribution in [0.2, 0.25) is 5.02 Å². The zero-order valence-corrected chi connectivity index (χ0v) is 16.4. The molecule has 0 unspecified atom stereocenters. The van der Waals surface area contributed by atoms with E-state index in [0.29, 0.717) is 18.0 Å². The third-order valence-corrected chi connectivity index (χ3v) is 3.79. The maximum atomic E-state index is 12.3. The SMILES string of the molecule is CCCCOc1ccc(NC(=O)c2cnc(OC(=O)NCC(=O)O)c(Cl)c2)cc1. The molecule has 0 aliphatic heterocycles. The summed E-state index contributed by atoms with van der Waals surface area (Å²) in [5, 5.41) is 13.1. The van der Waals surface area contributed by atoms with Crippen LogP contribution in [0.4, 0.5) is 10.5 Å². The molecule has 0 radical (unpaired) electrons. The molecule has 9 nitrogen and oxygen atoms in total. The molecule has 10 heteroatoms. The number of carboxylic acids is 1. The third-order valence-electron chi connectivity index (χ3n) is 3.52. The van der Waals surface area contributed by atoms with Gasteiger partial charge in [-0.3, -0.25) is 9.59 Å². The molecular formula is C19H20ClN3O6. The predicted molar refractivity (Wildman–Crippen MR) is 106 cm³/mol. The molecule has 3 N–H and O–H groups in total. The van der Waals surface area contributed by atoms with Gasteiger partial charge in [-0.15, -0.1) is 0 Å². The normalized spacial score (nSPS) is 10.1. The van der Waals surface area contributed by atoms with Gasteiger partial charge >= 0.3 is 12.1 Å². The second kappa shape index (κ2) is 10.9. The fourth-order valence-corrected chi connectivity index (χ4v) is 2.27. The number of ether oxygens (including phenoxy) is 2. The number of carbonyl (C=O) groups excluding carboxylic acids is 2. The van der Waals surface area contributed by atoms with Crippen molar-refractivity contribution in [1.82, 2.24) is 10.3 Å². The number of nitrogens with one attached hydrogen (secondary N) is 2. The van der Waals surface area contributed by atoms with E-state index in [1.807, 2.05) is 5.32 Å². The number of benzene rings is 1. The summed E-state index contributed by atoms with van der Waals surface area (Å²) in [5.41, 5.74) is 0.707. The minimum absolute atomic E-state index is 0.0807. The molecule has 154 valence electrons.